The Hall–Kier alpha value is -3.19. The fourth-order valence-electron chi connectivity index (χ4n) is 5.14. The van der Waals surface area contributed by atoms with E-state index in [1.807, 2.05) is 55.5 Å². The number of nitrogens with zero attached hydrogens (tertiary/aromatic N) is 1. The Morgan fingerprint density at radius 2 is 1.78 bits per heavy atom. The molecule has 0 aliphatic carbocycles. The van der Waals surface area contributed by atoms with Gasteiger partial charge in [0.1, 0.15) is 11.3 Å². The average Bonchev–Trinajstić information content (AvgIpc) is 3.27. The van der Waals surface area contributed by atoms with Crippen molar-refractivity contribution < 1.29 is 24.2 Å². The molecule has 4 rings (SSSR count). The number of methoxy groups -OCH3 is 1. The van der Waals surface area contributed by atoms with E-state index in [1.165, 1.54) is 12.0 Å². The van der Waals surface area contributed by atoms with Crippen LogP contribution in [0.15, 0.2) is 54.6 Å². The molecule has 168 valence electrons. The summed E-state index contributed by atoms with van der Waals surface area (Å²) in [6.07, 6.45) is 1.60. The van der Waals surface area contributed by atoms with E-state index in [2.05, 4.69) is 5.32 Å². The number of hydrogen-bond donors (Lipinski definition) is 2. The molecule has 2 amide bonds. The minimum absolute atomic E-state index is 0.0939. The maximum Gasteiger partial charge on any atom is 0.325 e. The maximum atomic E-state index is 13.5. The van der Waals surface area contributed by atoms with Gasteiger partial charge in [-0.3, -0.25) is 24.6 Å². The third kappa shape index (κ3) is 3.46. The summed E-state index contributed by atoms with van der Waals surface area (Å²) in [5.74, 6) is -3.11. The summed E-state index contributed by atoms with van der Waals surface area (Å²) in [6.45, 7) is 2.29. The zero-order valence-electron chi connectivity index (χ0n) is 18.3. The Morgan fingerprint density at radius 3 is 2.44 bits per heavy atom. The van der Waals surface area contributed by atoms with E-state index in [9.17, 15) is 19.5 Å². The molecule has 2 fully saturated rings. The van der Waals surface area contributed by atoms with Crippen LogP contribution in [0.1, 0.15) is 36.9 Å². The van der Waals surface area contributed by atoms with Crippen molar-refractivity contribution >= 4 is 17.8 Å². The van der Waals surface area contributed by atoms with Crippen LogP contribution in [0.2, 0.25) is 0 Å². The van der Waals surface area contributed by atoms with Crippen molar-refractivity contribution in [1.82, 2.24) is 10.2 Å². The highest BCUT2D eigenvalue weighted by Gasteiger charge is 2.68. The molecule has 2 aliphatic rings. The van der Waals surface area contributed by atoms with Crippen molar-refractivity contribution in [3.8, 4) is 5.75 Å². The second-order valence-electron chi connectivity index (χ2n) is 8.49. The first-order valence-corrected chi connectivity index (χ1v) is 11.0. The van der Waals surface area contributed by atoms with Gasteiger partial charge in [-0.05, 0) is 18.1 Å². The highest BCUT2D eigenvalue weighted by atomic mass is 16.5. The van der Waals surface area contributed by atoms with Crippen LogP contribution in [0, 0.1) is 11.8 Å². The van der Waals surface area contributed by atoms with Gasteiger partial charge < -0.3 is 9.84 Å². The largest absolute Gasteiger partial charge is 0.496 e. The highest BCUT2D eigenvalue weighted by molar-refractivity contribution is 6.09. The van der Waals surface area contributed by atoms with Crippen molar-refractivity contribution in [3.05, 3.63) is 65.7 Å². The molecular weight excluding hydrogens is 408 g/mol. The summed E-state index contributed by atoms with van der Waals surface area (Å²) in [4.78, 5) is 41.1. The molecule has 2 aliphatic heterocycles. The van der Waals surface area contributed by atoms with Crippen LogP contribution in [0.4, 0.5) is 0 Å². The van der Waals surface area contributed by atoms with Crippen molar-refractivity contribution in [2.24, 2.45) is 11.8 Å². The van der Waals surface area contributed by atoms with Gasteiger partial charge in [-0.2, -0.15) is 0 Å². The number of likely N-dealkylation sites (tertiary alicyclic amines) is 1. The fourth-order valence-corrected chi connectivity index (χ4v) is 5.14. The predicted octanol–water partition coefficient (Wildman–Crippen LogP) is 2.81. The maximum absolute atomic E-state index is 13.5. The van der Waals surface area contributed by atoms with Gasteiger partial charge in [0.25, 0.3) is 0 Å². The molecule has 2 saturated heterocycles. The molecule has 0 spiro atoms. The standard InChI is InChI=1S/C25H28N2O5/c1-3-4-14-27-22(28)19-20(23(27)29)25(24(30)31,15-16-10-6-5-7-11-16)26-21(19)17-12-8-9-13-18(17)32-2/h5-13,19-21,26H,3-4,14-15H2,1-2H3,(H,30,31). The number of carbonyl (C=O) groups is 3. The molecule has 2 N–H and O–H groups in total. The fraction of sp³-hybridized carbons (Fsp3) is 0.400. The van der Waals surface area contributed by atoms with Gasteiger partial charge in [-0.25, -0.2) is 0 Å². The van der Waals surface area contributed by atoms with Gasteiger partial charge in [0.15, 0.2) is 0 Å². The second-order valence-corrected chi connectivity index (χ2v) is 8.49. The zero-order valence-corrected chi connectivity index (χ0v) is 18.3. The van der Waals surface area contributed by atoms with Gasteiger partial charge in [0.05, 0.1) is 18.9 Å². The van der Waals surface area contributed by atoms with E-state index in [-0.39, 0.29) is 12.3 Å². The van der Waals surface area contributed by atoms with Crippen LogP contribution >= 0.6 is 0 Å². The number of nitrogens with one attached hydrogen (secondary N) is 1. The number of amides is 2. The summed E-state index contributed by atoms with van der Waals surface area (Å²) >= 11 is 0. The van der Waals surface area contributed by atoms with Crippen LogP contribution in [0.5, 0.6) is 5.75 Å². The summed E-state index contributed by atoms with van der Waals surface area (Å²) in [5, 5.41) is 13.7. The number of aliphatic carboxylic acids is 1. The first-order chi connectivity index (χ1) is 15.4. The Kier molecular flexibility index (Phi) is 6.02. The van der Waals surface area contributed by atoms with E-state index in [4.69, 9.17) is 4.74 Å². The Morgan fingerprint density at radius 1 is 1.09 bits per heavy atom. The van der Waals surface area contributed by atoms with Gasteiger partial charge in [0, 0.05) is 24.6 Å². The molecular formula is C25H28N2O5. The van der Waals surface area contributed by atoms with E-state index in [1.54, 1.807) is 6.07 Å². The zero-order chi connectivity index (χ0) is 22.9. The van der Waals surface area contributed by atoms with Crippen LogP contribution in [0.25, 0.3) is 0 Å². The number of imide groups is 1. The lowest BCUT2D eigenvalue weighted by atomic mass is 9.76. The number of carboxylic acid groups (broad SMARTS) is 1. The highest BCUT2D eigenvalue weighted by Crippen LogP contribution is 2.51. The van der Waals surface area contributed by atoms with E-state index < -0.39 is 35.3 Å². The number of hydrogen-bond acceptors (Lipinski definition) is 5. The quantitative estimate of drug-likeness (QED) is 0.618. The average molecular weight is 437 g/mol. The normalized spacial score (nSPS) is 26.9. The number of benzene rings is 2. The molecule has 0 bridgehead atoms. The molecule has 2 aromatic rings. The number of carboxylic acids is 1. The minimum atomic E-state index is -1.61. The Bertz CT molecular complexity index is 1020. The molecule has 0 radical (unpaired) electrons. The SMILES string of the molecule is CCCCN1C(=O)C2C(c3ccccc3OC)NC(Cc3ccccc3)(C(=O)O)C2C1=O. The second kappa shape index (κ2) is 8.74. The van der Waals surface area contributed by atoms with Crippen molar-refractivity contribution in [3.63, 3.8) is 0 Å². The lowest BCUT2D eigenvalue weighted by Gasteiger charge is -2.31. The summed E-state index contributed by atoms with van der Waals surface area (Å²) < 4.78 is 5.51. The van der Waals surface area contributed by atoms with Gasteiger partial charge in [0.2, 0.25) is 11.8 Å². The molecule has 0 saturated carbocycles. The molecule has 4 unspecified atom stereocenters. The van der Waals surface area contributed by atoms with Crippen LogP contribution in [0.3, 0.4) is 0 Å². The molecule has 4 atom stereocenters. The van der Waals surface area contributed by atoms with Crippen molar-refractivity contribution in [2.75, 3.05) is 13.7 Å². The first-order valence-electron chi connectivity index (χ1n) is 11.0. The van der Waals surface area contributed by atoms with Crippen LogP contribution in [-0.2, 0) is 20.8 Å². The van der Waals surface area contributed by atoms with E-state index in [0.717, 1.165) is 12.0 Å². The molecule has 7 heteroatoms. The first kappa shape index (κ1) is 22.0. The molecule has 2 aromatic carbocycles. The summed E-state index contributed by atoms with van der Waals surface area (Å²) in [7, 11) is 1.54. The number of rotatable bonds is 8. The number of ether oxygens (including phenoxy) is 1. The summed E-state index contributed by atoms with van der Waals surface area (Å²) in [5.41, 5.74) is -0.139. The third-order valence-electron chi connectivity index (χ3n) is 6.66. The lowest BCUT2D eigenvalue weighted by molar-refractivity contribution is -0.151. The monoisotopic (exact) mass is 436 g/mol. The third-order valence-corrected chi connectivity index (χ3v) is 6.66. The van der Waals surface area contributed by atoms with Gasteiger partial charge >= 0.3 is 5.97 Å². The van der Waals surface area contributed by atoms with Gasteiger partial charge in [-0.15, -0.1) is 0 Å². The molecule has 7 nitrogen and oxygen atoms in total. The molecule has 0 aromatic heterocycles. The van der Waals surface area contributed by atoms with Crippen molar-refractivity contribution in [2.45, 2.75) is 37.8 Å². The number of fused-ring (bicyclic) bond motifs is 1. The van der Waals surface area contributed by atoms with Crippen LogP contribution in [-0.4, -0.2) is 47.0 Å². The summed E-state index contributed by atoms with van der Waals surface area (Å²) in [6, 6.07) is 15.8. The van der Waals surface area contributed by atoms with Crippen molar-refractivity contribution in [1.29, 1.82) is 0 Å². The number of para-hydroxylation sites is 1. The van der Waals surface area contributed by atoms with Crippen LogP contribution < -0.4 is 10.1 Å². The number of unbranched alkanes of at least 4 members (excludes halogenated alkanes) is 1. The van der Waals surface area contributed by atoms with Gasteiger partial charge in [-0.1, -0.05) is 61.9 Å². The Labute approximate surface area is 187 Å². The predicted molar refractivity (Wildman–Crippen MR) is 118 cm³/mol. The Balaban J connectivity index is 1.85. The van der Waals surface area contributed by atoms with E-state index >= 15 is 0 Å². The smallest absolute Gasteiger partial charge is 0.325 e. The topological polar surface area (TPSA) is 95.9 Å². The van der Waals surface area contributed by atoms with E-state index in [0.29, 0.717) is 24.3 Å². The number of carbonyl (C=O) groups excluding carboxylic acids is 2. The minimum Gasteiger partial charge on any atom is -0.496 e. The lowest BCUT2D eigenvalue weighted by Crippen LogP contribution is -2.57. The molecule has 2 heterocycles. The molecule has 32 heavy (non-hydrogen) atoms.